The lowest BCUT2D eigenvalue weighted by molar-refractivity contribution is -0.171. The number of morpholine rings is 2. The highest BCUT2D eigenvalue weighted by Crippen LogP contribution is 2.25. The molecule has 2 aliphatic heterocycles. The van der Waals surface area contributed by atoms with Gasteiger partial charge < -0.3 is 29.9 Å². The average molecular weight is 554 g/mol. The van der Waals surface area contributed by atoms with E-state index in [1.807, 2.05) is 12.1 Å². The van der Waals surface area contributed by atoms with Gasteiger partial charge in [0.1, 0.15) is 5.84 Å². The highest BCUT2D eigenvalue weighted by Gasteiger charge is 2.39. The normalized spacial score (nSPS) is 18.1. The van der Waals surface area contributed by atoms with Crippen LogP contribution in [0.2, 0.25) is 0 Å². The molecule has 2 aliphatic rings. The van der Waals surface area contributed by atoms with Crippen molar-refractivity contribution in [3.05, 3.63) is 51.7 Å². The Bertz CT molecular complexity index is 1200. The number of benzene rings is 1. The number of carbonyl (C=O) groups is 3. The number of hydrogen-bond donors (Lipinski definition) is 3. The second-order valence-corrected chi connectivity index (χ2v) is 9.63. The number of amides is 3. The van der Waals surface area contributed by atoms with Gasteiger partial charge in [0.05, 0.1) is 47.8 Å². The van der Waals surface area contributed by atoms with Crippen molar-refractivity contribution in [1.29, 1.82) is 5.41 Å². The zero-order chi connectivity index (χ0) is 27.3. The molecule has 38 heavy (non-hydrogen) atoms. The molecule has 4 rings (SSSR count). The summed E-state index contributed by atoms with van der Waals surface area (Å²) in [7, 11) is 0. The topological polar surface area (TPSA) is 124 Å². The van der Waals surface area contributed by atoms with Gasteiger partial charge in [-0.2, -0.15) is 13.2 Å². The van der Waals surface area contributed by atoms with Gasteiger partial charge in [-0.25, -0.2) is 0 Å². The summed E-state index contributed by atoms with van der Waals surface area (Å²) in [6.45, 7) is 3.50. The van der Waals surface area contributed by atoms with Crippen LogP contribution in [0.25, 0.3) is 0 Å². The molecule has 2 aromatic rings. The SMILES string of the molecule is N=C(NC(=O)C(F)(F)F)c1ccc(C(=O)NCC2COCCN2C(=O)c2ccccc2N2CCOCC2)s1. The molecular weight excluding hydrogens is 527 g/mol. The molecule has 3 amide bonds. The van der Waals surface area contributed by atoms with E-state index in [-0.39, 0.29) is 28.8 Å². The zero-order valence-corrected chi connectivity index (χ0v) is 21.0. The van der Waals surface area contributed by atoms with Gasteiger partial charge in [-0.15, -0.1) is 11.3 Å². The number of thiophene rings is 1. The van der Waals surface area contributed by atoms with Gasteiger partial charge in [0.25, 0.3) is 11.8 Å². The zero-order valence-electron chi connectivity index (χ0n) is 20.2. The Morgan fingerprint density at radius 2 is 1.68 bits per heavy atom. The third-order valence-electron chi connectivity index (χ3n) is 6.05. The van der Waals surface area contributed by atoms with Crippen molar-refractivity contribution < 1.29 is 37.0 Å². The van der Waals surface area contributed by atoms with Gasteiger partial charge in [0.2, 0.25) is 0 Å². The molecule has 0 bridgehead atoms. The molecule has 10 nitrogen and oxygen atoms in total. The molecule has 204 valence electrons. The number of rotatable bonds is 6. The van der Waals surface area contributed by atoms with E-state index in [9.17, 15) is 27.6 Å². The van der Waals surface area contributed by atoms with Crippen molar-refractivity contribution in [1.82, 2.24) is 15.5 Å². The summed E-state index contributed by atoms with van der Waals surface area (Å²) in [6, 6.07) is 9.54. The van der Waals surface area contributed by atoms with Gasteiger partial charge >= 0.3 is 12.1 Å². The molecule has 0 spiro atoms. The molecule has 3 heterocycles. The summed E-state index contributed by atoms with van der Waals surface area (Å²) in [5.74, 6) is -3.73. The van der Waals surface area contributed by atoms with Crippen LogP contribution in [0.3, 0.4) is 0 Å². The third kappa shape index (κ3) is 6.49. The Hall–Kier alpha value is -3.49. The highest BCUT2D eigenvalue weighted by molar-refractivity contribution is 7.16. The van der Waals surface area contributed by atoms with Crippen LogP contribution in [0, 0.1) is 5.41 Å². The van der Waals surface area contributed by atoms with Crippen LogP contribution in [-0.2, 0) is 14.3 Å². The molecular formula is C24H26F3N5O5S. The number of para-hydroxylation sites is 1. The molecule has 3 N–H and O–H groups in total. The lowest BCUT2D eigenvalue weighted by Gasteiger charge is -2.37. The number of halogens is 3. The summed E-state index contributed by atoms with van der Waals surface area (Å²) in [5.41, 5.74) is 1.37. The van der Waals surface area contributed by atoms with E-state index in [1.54, 1.807) is 17.0 Å². The monoisotopic (exact) mass is 553 g/mol. The summed E-state index contributed by atoms with van der Waals surface area (Å²) in [5, 5.41) is 11.9. The molecule has 14 heteroatoms. The van der Waals surface area contributed by atoms with Crippen LogP contribution in [0.5, 0.6) is 0 Å². The average Bonchev–Trinajstić information content (AvgIpc) is 3.42. The molecule has 1 atom stereocenters. The summed E-state index contributed by atoms with van der Waals surface area (Å²) >= 11 is 0.764. The maximum Gasteiger partial charge on any atom is 0.471 e. The quantitative estimate of drug-likeness (QED) is 0.371. The van der Waals surface area contributed by atoms with Gasteiger partial charge in [-0.05, 0) is 24.3 Å². The summed E-state index contributed by atoms with van der Waals surface area (Å²) in [6.07, 6.45) is -5.13. The molecule has 2 saturated heterocycles. The number of ether oxygens (including phenoxy) is 2. The van der Waals surface area contributed by atoms with Crippen molar-refractivity contribution >= 4 is 40.6 Å². The Labute approximate surface area is 220 Å². The van der Waals surface area contributed by atoms with Crippen molar-refractivity contribution in [2.24, 2.45) is 0 Å². The second kappa shape index (κ2) is 11.9. The fourth-order valence-corrected chi connectivity index (χ4v) is 4.95. The van der Waals surface area contributed by atoms with Gasteiger partial charge in [0, 0.05) is 31.9 Å². The maximum atomic E-state index is 13.6. The predicted octanol–water partition coefficient (Wildman–Crippen LogP) is 1.86. The Kier molecular flexibility index (Phi) is 8.64. The van der Waals surface area contributed by atoms with E-state index in [4.69, 9.17) is 14.9 Å². The number of anilines is 1. The first-order valence-electron chi connectivity index (χ1n) is 11.8. The van der Waals surface area contributed by atoms with Gasteiger partial charge in [0.15, 0.2) is 0 Å². The van der Waals surface area contributed by atoms with Crippen molar-refractivity contribution in [2.45, 2.75) is 12.2 Å². The van der Waals surface area contributed by atoms with Gasteiger partial charge in [-0.1, -0.05) is 12.1 Å². The first-order valence-corrected chi connectivity index (χ1v) is 12.6. The standard InChI is InChI=1S/C24H26F3N5O5S/c25-24(26,27)23(35)30-20(28)18-5-6-19(38-18)21(33)29-13-15-14-37-12-9-32(15)22(34)16-3-1-2-4-17(16)31-7-10-36-11-8-31/h1-6,15H,7-14H2,(H,29,33)(H2,28,30,35). The van der Waals surface area contributed by atoms with Crippen LogP contribution in [0.4, 0.5) is 18.9 Å². The number of nitrogens with one attached hydrogen (secondary N) is 3. The number of amidine groups is 1. The Balaban J connectivity index is 1.40. The molecule has 1 aromatic carbocycles. The second-order valence-electron chi connectivity index (χ2n) is 8.54. The summed E-state index contributed by atoms with van der Waals surface area (Å²) in [4.78, 5) is 41.3. The predicted molar refractivity (Wildman–Crippen MR) is 133 cm³/mol. The van der Waals surface area contributed by atoms with Crippen LogP contribution in [0.1, 0.15) is 24.9 Å². The summed E-state index contributed by atoms with van der Waals surface area (Å²) < 4.78 is 48.3. The van der Waals surface area contributed by atoms with Crippen molar-refractivity contribution in [2.75, 3.05) is 57.5 Å². The smallest absolute Gasteiger partial charge is 0.378 e. The molecule has 1 unspecified atom stereocenters. The van der Waals surface area contributed by atoms with Crippen molar-refractivity contribution in [3.63, 3.8) is 0 Å². The number of carbonyl (C=O) groups excluding carboxylic acids is 3. The van der Waals surface area contributed by atoms with Crippen LogP contribution >= 0.6 is 11.3 Å². The third-order valence-corrected chi connectivity index (χ3v) is 7.15. The van der Waals surface area contributed by atoms with Crippen LogP contribution < -0.4 is 15.5 Å². The van der Waals surface area contributed by atoms with Crippen LogP contribution in [-0.4, -0.2) is 93.3 Å². The Morgan fingerprint density at radius 1 is 1.00 bits per heavy atom. The minimum atomic E-state index is -5.13. The maximum absolute atomic E-state index is 13.6. The lowest BCUT2D eigenvalue weighted by Crippen LogP contribution is -2.53. The fourth-order valence-electron chi connectivity index (χ4n) is 4.12. The van der Waals surface area contributed by atoms with Crippen LogP contribution in [0.15, 0.2) is 36.4 Å². The van der Waals surface area contributed by atoms with E-state index in [0.717, 1.165) is 17.0 Å². The molecule has 0 saturated carbocycles. The lowest BCUT2D eigenvalue weighted by atomic mass is 10.1. The fraction of sp³-hybridized carbons (Fsp3) is 0.417. The van der Waals surface area contributed by atoms with E-state index < -0.39 is 29.9 Å². The minimum Gasteiger partial charge on any atom is -0.378 e. The van der Waals surface area contributed by atoms with E-state index in [1.165, 1.54) is 17.4 Å². The molecule has 1 aromatic heterocycles. The molecule has 0 aliphatic carbocycles. The number of alkyl halides is 3. The minimum absolute atomic E-state index is 0.00901. The largest absolute Gasteiger partial charge is 0.471 e. The highest BCUT2D eigenvalue weighted by atomic mass is 32.1. The first-order chi connectivity index (χ1) is 18.1. The van der Waals surface area contributed by atoms with E-state index in [2.05, 4.69) is 10.2 Å². The molecule has 0 radical (unpaired) electrons. The number of nitrogens with zero attached hydrogens (tertiary/aromatic N) is 2. The molecule has 2 fully saturated rings. The van der Waals surface area contributed by atoms with Gasteiger partial charge in [-0.3, -0.25) is 19.8 Å². The van der Waals surface area contributed by atoms with E-state index >= 15 is 0 Å². The first kappa shape index (κ1) is 27.5. The van der Waals surface area contributed by atoms with E-state index in [0.29, 0.717) is 45.0 Å². The van der Waals surface area contributed by atoms with Crippen molar-refractivity contribution in [3.8, 4) is 0 Å². The number of hydrogen-bond acceptors (Lipinski definition) is 8. The Morgan fingerprint density at radius 3 is 2.42 bits per heavy atom.